The van der Waals surface area contributed by atoms with Gasteiger partial charge in [-0.15, -0.1) is 0 Å². The summed E-state index contributed by atoms with van der Waals surface area (Å²) in [5, 5.41) is 0. The third-order valence-corrected chi connectivity index (χ3v) is 4.03. The molecule has 76 valence electrons. The Balaban J connectivity index is 2.88. The first-order valence-electron chi connectivity index (χ1n) is 5.46. The molecule has 1 saturated carbocycles. The van der Waals surface area contributed by atoms with E-state index >= 15 is 0 Å². The normalized spacial score (nSPS) is 33.8. The van der Waals surface area contributed by atoms with Crippen molar-refractivity contribution >= 4 is 0 Å². The van der Waals surface area contributed by atoms with Gasteiger partial charge in [-0.05, 0) is 36.0 Å². The molecule has 0 bridgehead atoms. The van der Waals surface area contributed by atoms with Crippen LogP contribution in [-0.4, -0.2) is 0 Å². The summed E-state index contributed by atoms with van der Waals surface area (Å²) in [5.74, 6) is 0.722. The van der Waals surface area contributed by atoms with Gasteiger partial charge in [0, 0.05) is 0 Å². The molecule has 0 saturated heterocycles. The maximum atomic E-state index is 4.25. The van der Waals surface area contributed by atoms with Gasteiger partial charge in [0.15, 0.2) is 0 Å². The molecule has 0 aromatic heterocycles. The summed E-state index contributed by atoms with van der Waals surface area (Å²) in [7, 11) is 0. The van der Waals surface area contributed by atoms with Crippen LogP contribution in [0, 0.1) is 16.7 Å². The first-order chi connectivity index (χ1) is 5.78. The summed E-state index contributed by atoms with van der Waals surface area (Å²) in [4.78, 5) is 0. The van der Waals surface area contributed by atoms with Crippen LogP contribution in [0.3, 0.4) is 0 Å². The van der Waals surface area contributed by atoms with Crippen LogP contribution in [0.25, 0.3) is 0 Å². The van der Waals surface area contributed by atoms with Gasteiger partial charge in [0.1, 0.15) is 0 Å². The Labute approximate surface area is 83.4 Å². The third kappa shape index (κ3) is 1.98. The fourth-order valence-corrected chi connectivity index (χ4v) is 2.59. The monoisotopic (exact) mass is 180 g/mol. The zero-order chi connectivity index (χ0) is 10.3. The molecule has 0 N–H and O–H groups in total. The van der Waals surface area contributed by atoms with Gasteiger partial charge < -0.3 is 0 Å². The van der Waals surface area contributed by atoms with Gasteiger partial charge in [0.05, 0.1) is 0 Å². The number of hydrogen-bond acceptors (Lipinski definition) is 0. The standard InChI is InChI=1S/C13H24/c1-10(2)13(6)9-12(4,5)8-7-11(13)3/h10H,3,7-9H2,1-2,4-6H3. The highest BCUT2D eigenvalue weighted by Crippen LogP contribution is 2.52. The van der Waals surface area contributed by atoms with E-state index in [0.717, 1.165) is 5.92 Å². The predicted molar refractivity (Wildman–Crippen MR) is 59.7 cm³/mol. The highest BCUT2D eigenvalue weighted by atomic mass is 14.5. The van der Waals surface area contributed by atoms with Gasteiger partial charge in [-0.2, -0.15) is 0 Å². The molecule has 0 radical (unpaired) electrons. The summed E-state index contributed by atoms with van der Waals surface area (Å²) >= 11 is 0. The number of hydrogen-bond donors (Lipinski definition) is 0. The van der Waals surface area contributed by atoms with E-state index in [1.165, 1.54) is 24.8 Å². The van der Waals surface area contributed by atoms with Crippen molar-refractivity contribution in [1.82, 2.24) is 0 Å². The van der Waals surface area contributed by atoms with Crippen molar-refractivity contribution < 1.29 is 0 Å². The van der Waals surface area contributed by atoms with E-state index in [4.69, 9.17) is 0 Å². The topological polar surface area (TPSA) is 0 Å². The summed E-state index contributed by atoms with van der Waals surface area (Å²) in [5.41, 5.74) is 2.36. The second-order valence-corrected chi connectivity index (χ2v) is 6.02. The average molecular weight is 180 g/mol. The Bertz CT molecular complexity index is 210. The van der Waals surface area contributed by atoms with Crippen LogP contribution < -0.4 is 0 Å². The molecular formula is C13H24. The molecule has 0 heteroatoms. The molecule has 1 aliphatic rings. The van der Waals surface area contributed by atoms with Crippen molar-refractivity contribution in [2.24, 2.45) is 16.7 Å². The largest absolute Gasteiger partial charge is 0.0993 e. The zero-order valence-corrected chi connectivity index (χ0v) is 9.91. The van der Waals surface area contributed by atoms with Crippen LogP contribution >= 0.6 is 0 Å². The van der Waals surface area contributed by atoms with Crippen molar-refractivity contribution in [3.63, 3.8) is 0 Å². The van der Waals surface area contributed by atoms with Gasteiger partial charge in [-0.3, -0.25) is 0 Å². The molecular weight excluding hydrogens is 156 g/mol. The first kappa shape index (κ1) is 10.8. The molecule has 13 heavy (non-hydrogen) atoms. The first-order valence-corrected chi connectivity index (χ1v) is 5.46. The molecule has 0 spiro atoms. The minimum Gasteiger partial charge on any atom is -0.0993 e. The SMILES string of the molecule is C=C1CCC(C)(C)CC1(C)C(C)C. The van der Waals surface area contributed by atoms with E-state index in [2.05, 4.69) is 41.2 Å². The Hall–Kier alpha value is -0.260. The van der Waals surface area contributed by atoms with E-state index < -0.39 is 0 Å². The smallest absolute Gasteiger partial charge is 0.00910 e. The molecule has 0 aromatic rings. The van der Waals surface area contributed by atoms with Crippen molar-refractivity contribution in [3.8, 4) is 0 Å². The third-order valence-electron chi connectivity index (χ3n) is 4.03. The number of rotatable bonds is 1. The van der Waals surface area contributed by atoms with Crippen molar-refractivity contribution in [2.45, 2.75) is 53.9 Å². The van der Waals surface area contributed by atoms with Crippen molar-refractivity contribution in [2.75, 3.05) is 0 Å². The highest BCUT2D eigenvalue weighted by molar-refractivity contribution is 5.15. The summed E-state index contributed by atoms with van der Waals surface area (Å²) in [6.45, 7) is 16.1. The van der Waals surface area contributed by atoms with E-state index in [9.17, 15) is 0 Å². The minimum absolute atomic E-state index is 0.377. The predicted octanol–water partition coefficient (Wildman–Crippen LogP) is 4.42. The maximum absolute atomic E-state index is 4.25. The van der Waals surface area contributed by atoms with Gasteiger partial charge >= 0.3 is 0 Å². The highest BCUT2D eigenvalue weighted by Gasteiger charge is 2.40. The quantitative estimate of drug-likeness (QED) is 0.524. The van der Waals surface area contributed by atoms with Gasteiger partial charge in [-0.1, -0.05) is 46.8 Å². The fraction of sp³-hybridized carbons (Fsp3) is 0.846. The lowest BCUT2D eigenvalue weighted by molar-refractivity contribution is 0.112. The summed E-state index contributed by atoms with van der Waals surface area (Å²) in [6, 6.07) is 0. The van der Waals surface area contributed by atoms with Crippen LogP contribution in [0.4, 0.5) is 0 Å². The molecule has 0 aliphatic heterocycles. The molecule has 0 aromatic carbocycles. The molecule has 0 amide bonds. The van der Waals surface area contributed by atoms with Crippen LogP contribution in [0.15, 0.2) is 12.2 Å². The lowest BCUT2D eigenvalue weighted by Crippen LogP contribution is -2.36. The van der Waals surface area contributed by atoms with E-state index in [0.29, 0.717) is 10.8 Å². The average Bonchev–Trinajstić information content (AvgIpc) is 1.97. The Morgan fingerprint density at radius 3 is 2.15 bits per heavy atom. The van der Waals surface area contributed by atoms with Gasteiger partial charge in [0.25, 0.3) is 0 Å². The molecule has 0 heterocycles. The Morgan fingerprint density at radius 2 is 1.77 bits per heavy atom. The van der Waals surface area contributed by atoms with Crippen LogP contribution in [-0.2, 0) is 0 Å². The maximum Gasteiger partial charge on any atom is -0.00910 e. The van der Waals surface area contributed by atoms with E-state index in [1.807, 2.05) is 0 Å². The van der Waals surface area contributed by atoms with Crippen LogP contribution in [0.5, 0.6) is 0 Å². The van der Waals surface area contributed by atoms with E-state index in [-0.39, 0.29) is 0 Å². The molecule has 1 unspecified atom stereocenters. The molecule has 1 atom stereocenters. The minimum atomic E-state index is 0.377. The molecule has 0 nitrogen and oxygen atoms in total. The lowest BCUT2D eigenvalue weighted by atomic mass is 9.58. The Morgan fingerprint density at radius 1 is 1.23 bits per heavy atom. The second-order valence-electron chi connectivity index (χ2n) is 6.02. The van der Waals surface area contributed by atoms with Crippen LogP contribution in [0.1, 0.15) is 53.9 Å². The van der Waals surface area contributed by atoms with Crippen molar-refractivity contribution in [1.29, 1.82) is 0 Å². The lowest BCUT2D eigenvalue weighted by Gasteiger charge is -2.47. The number of allylic oxidation sites excluding steroid dienone is 1. The molecule has 1 rings (SSSR count). The molecule has 1 fully saturated rings. The Kier molecular flexibility index (Phi) is 2.62. The van der Waals surface area contributed by atoms with Crippen molar-refractivity contribution in [3.05, 3.63) is 12.2 Å². The fourth-order valence-electron chi connectivity index (χ4n) is 2.59. The summed E-state index contributed by atoms with van der Waals surface area (Å²) < 4.78 is 0. The van der Waals surface area contributed by atoms with Gasteiger partial charge in [-0.25, -0.2) is 0 Å². The van der Waals surface area contributed by atoms with E-state index in [1.54, 1.807) is 0 Å². The van der Waals surface area contributed by atoms with Crippen LogP contribution in [0.2, 0.25) is 0 Å². The zero-order valence-electron chi connectivity index (χ0n) is 9.91. The summed E-state index contributed by atoms with van der Waals surface area (Å²) in [6.07, 6.45) is 3.84. The van der Waals surface area contributed by atoms with Gasteiger partial charge in [0.2, 0.25) is 0 Å². The molecule has 1 aliphatic carbocycles. The second kappa shape index (κ2) is 3.15.